The summed E-state index contributed by atoms with van der Waals surface area (Å²) in [6.07, 6.45) is 1.89. The number of amides is 1. The van der Waals surface area contributed by atoms with Gasteiger partial charge in [-0.3, -0.25) is 4.79 Å². The van der Waals surface area contributed by atoms with E-state index in [1.54, 1.807) is 11.8 Å². The van der Waals surface area contributed by atoms with E-state index in [2.05, 4.69) is 15.5 Å². The monoisotopic (exact) mass is 453 g/mol. The second-order valence-corrected chi connectivity index (χ2v) is 8.42. The first kappa shape index (κ1) is 20.6. The van der Waals surface area contributed by atoms with E-state index in [0.29, 0.717) is 24.1 Å². The molecule has 3 aromatic rings. The van der Waals surface area contributed by atoms with Gasteiger partial charge < -0.3 is 19.1 Å². The third-order valence-corrected chi connectivity index (χ3v) is 6.51. The van der Waals surface area contributed by atoms with Crippen LogP contribution in [0.3, 0.4) is 0 Å². The topological polar surface area (TPSA) is 91.6 Å². The highest BCUT2D eigenvalue weighted by atomic mass is 32.2. The van der Waals surface area contributed by atoms with E-state index >= 15 is 0 Å². The van der Waals surface area contributed by atoms with Gasteiger partial charge in [0.05, 0.1) is 18.9 Å². The van der Waals surface area contributed by atoms with Crippen LogP contribution >= 0.6 is 11.8 Å². The Hall–Kier alpha value is -3.27. The minimum atomic E-state index is 0.0316. The van der Waals surface area contributed by atoms with Crippen molar-refractivity contribution in [3.63, 3.8) is 0 Å². The summed E-state index contributed by atoms with van der Waals surface area (Å²) < 4.78 is 18.4. The van der Waals surface area contributed by atoms with Crippen LogP contribution < -0.4 is 14.2 Å². The molecule has 2 aromatic carbocycles. The number of ether oxygens (including phenoxy) is 3. The molecule has 1 unspecified atom stereocenters. The van der Waals surface area contributed by atoms with Gasteiger partial charge in [0.15, 0.2) is 11.5 Å². The molecular formula is C22H23N5O4S. The number of hydrogen-bond donors (Lipinski definition) is 0. The summed E-state index contributed by atoms with van der Waals surface area (Å²) in [4.78, 5) is 15.1. The largest absolute Gasteiger partial charge is 0.494 e. The maximum Gasteiger partial charge on any atom is 0.233 e. The summed E-state index contributed by atoms with van der Waals surface area (Å²) in [5.41, 5.74) is 1.80. The maximum atomic E-state index is 13.1. The van der Waals surface area contributed by atoms with Gasteiger partial charge in [0.25, 0.3) is 0 Å². The first-order valence-corrected chi connectivity index (χ1v) is 11.5. The van der Waals surface area contributed by atoms with Crippen LogP contribution in [0, 0.1) is 0 Å². The van der Waals surface area contributed by atoms with Crippen molar-refractivity contribution in [1.29, 1.82) is 0 Å². The molecule has 1 atom stereocenters. The molecule has 2 aliphatic rings. The van der Waals surface area contributed by atoms with Crippen molar-refractivity contribution in [2.45, 2.75) is 24.0 Å². The number of likely N-dealkylation sites (tertiary alicyclic amines) is 1. The van der Waals surface area contributed by atoms with Gasteiger partial charge in [-0.2, -0.15) is 4.68 Å². The third-order valence-electron chi connectivity index (χ3n) is 5.60. The predicted molar refractivity (Wildman–Crippen MR) is 118 cm³/mol. The highest BCUT2D eigenvalue weighted by Crippen LogP contribution is 2.38. The zero-order chi connectivity index (χ0) is 21.9. The molecular weight excluding hydrogens is 430 g/mol. The van der Waals surface area contributed by atoms with Gasteiger partial charge in [-0.15, -0.1) is 5.10 Å². The summed E-state index contributed by atoms with van der Waals surface area (Å²) in [7, 11) is 1.60. The van der Waals surface area contributed by atoms with E-state index in [0.717, 1.165) is 42.1 Å². The molecule has 0 bridgehead atoms. The van der Waals surface area contributed by atoms with E-state index in [-0.39, 0.29) is 17.7 Å². The smallest absolute Gasteiger partial charge is 0.233 e. The molecule has 32 heavy (non-hydrogen) atoms. The quantitative estimate of drug-likeness (QED) is 0.526. The minimum absolute atomic E-state index is 0.0316. The molecule has 0 radical (unpaired) electrons. The van der Waals surface area contributed by atoms with Crippen LogP contribution in [0.5, 0.6) is 17.2 Å². The Morgan fingerprint density at radius 2 is 2.03 bits per heavy atom. The van der Waals surface area contributed by atoms with Gasteiger partial charge in [0.1, 0.15) is 24.7 Å². The highest BCUT2D eigenvalue weighted by molar-refractivity contribution is 7.99. The predicted octanol–water partition coefficient (Wildman–Crippen LogP) is 2.90. The van der Waals surface area contributed by atoms with E-state index in [4.69, 9.17) is 14.2 Å². The number of tetrazole rings is 1. The van der Waals surface area contributed by atoms with Crippen molar-refractivity contribution in [2.24, 2.45) is 0 Å². The number of fused-ring (bicyclic) bond motifs is 1. The Balaban J connectivity index is 1.29. The third kappa shape index (κ3) is 3.97. The Bertz CT molecular complexity index is 1120. The average Bonchev–Trinajstić information content (AvgIpc) is 3.52. The second-order valence-electron chi connectivity index (χ2n) is 7.48. The van der Waals surface area contributed by atoms with Gasteiger partial charge in [-0.25, -0.2) is 0 Å². The van der Waals surface area contributed by atoms with Crippen molar-refractivity contribution in [1.82, 2.24) is 25.1 Å². The van der Waals surface area contributed by atoms with Crippen molar-refractivity contribution in [3.05, 3.63) is 48.0 Å². The molecule has 10 heteroatoms. The number of carbonyl (C=O) groups is 1. The van der Waals surface area contributed by atoms with Crippen molar-refractivity contribution < 1.29 is 19.0 Å². The minimum Gasteiger partial charge on any atom is -0.494 e. The summed E-state index contributed by atoms with van der Waals surface area (Å²) in [5, 5.41) is 12.5. The number of hydrogen-bond acceptors (Lipinski definition) is 8. The summed E-state index contributed by atoms with van der Waals surface area (Å²) in [6, 6.07) is 13.5. The first-order valence-electron chi connectivity index (χ1n) is 10.5. The molecule has 1 saturated heterocycles. The normalized spacial score (nSPS) is 17.4. The lowest BCUT2D eigenvalue weighted by Gasteiger charge is -2.26. The number of nitrogens with zero attached hydrogens (tertiary/aromatic N) is 5. The fraction of sp³-hybridized carbons (Fsp3) is 0.364. The number of para-hydroxylation sites is 2. The Morgan fingerprint density at radius 3 is 2.91 bits per heavy atom. The molecule has 1 amide bonds. The number of carbonyl (C=O) groups excluding carboxylic acids is 1. The fourth-order valence-electron chi connectivity index (χ4n) is 4.11. The number of methoxy groups -OCH3 is 1. The SMILES string of the molecule is COc1ccccc1-n1nnnc1SCC(=O)N1CCCC1c1ccc2c(c1)OCCO2. The van der Waals surface area contributed by atoms with E-state index in [9.17, 15) is 4.79 Å². The van der Waals surface area contributed by atoms with Crippen LogP contribution in [0.25, 0.3) is 5.69 Å². The van der Waals surface area contributed by atoms with Gasteiger partial charge in [-0.1, -0.05) is 30.0 Å². The molecule has 0 saturated carbocycles. The van der Waals surface area contributed by atoms with Crippen LogP contribution in [-0.2, 0) is 4.79 Å². The zero-order valence-electron chi connectivity index (χ0n) is 17.6. The molecule has 1 aromatic heterocycles. The average molecular weight is 454 g/mol. The molecule has 0 aliphatic carbocycles. The molecule has 3 heterocycles. The molecule has 166 valence electrons. The van der Waals surface area contributed by atoms with Crippen LogP contribution in [0.15, 0.2) is 47.6 Å². The standard InChI is InChI=1S/C22H23N5O4S/c1-29-18-7-3-2-5-17(18)27-22(23-24-25-27)32-14-21(28)26-10-4-6-16(26)15-8-9-19-20(13-15)31-12-11-30-19/h2-3,5,7-9,13,16H,4,6,10-12,14H2,1H3. The second kappa shape index (κ2) is 9.07. The lowest BCUT2D eigenvalue weighted by atomic mass is 10.0. The van der Waals surface area contributed by atoms with Crippen molar-refractivity contribution in [3.8, 4) is 22.9 Å². The Kier molecular flexibility index (Phi) is 5.85. The Labute approximate surface area is 189 Å². The molecule has 2 aliphatic heterocycles. The van der Waals surface area contributed by atoms with E-state index in [1.165, 1.54) is 11.8 Å². The van der Waals surface area contributed by atoms with Gasteiger partial charge >= 0.3 is 0 Å². The number of benzene rings is 2. The van der Waals surface area contributed by atoms with Gasteiger partial charge in [0.2, 0.25) is 11.1 Å². The van der Waals surface area contributed by atoms with E-state index < -0.39 is 0 Å². The lowest BCUT2D eigenvalue weighted by Crippen LogP contribution is -2.32. The summed E-state index contributed by atoms with van der Waals surface area (Å²) in [5.74, 6) is 2.47. The first-order chi connectivity index (χ1) is 15.7. The van der Waals surface area contributed by atoms with E-state index in [1.807, 2.05) is 47.4 Å². The number of aromatic nitrogens is 4. The van der Waals surface area contributed by atoms with Gasteiger partial charge in [0, 0.05) is 6.54 Å². The zero-order valence-corrected chi connectivity index (χ0v) is 18.5. The van der Waals surface area contributed by atoms with Crippen molar-refractivity contribution in [2.75, 3.05) is 32.6 Å². The Morgan fingerprint density at radius 1 is 1.19 bits per heavy atom. The molecule has 0 N–H and O–H groups in total. The molecule has 9 nitrogen and oxygen atoms in total. The molecule has 0 spiro atoms. The van der Waals surface area contributed by atoms with Crippen LogP contribution in [-0.4, -0.2) is 63.6 Å². The number of rotatable bonds is 6. The number of thioether (sulfide) groups is 1. The molecule has 1 fully saturated rings. The molecule has 5 rings (SSSR count). The van der Waals surface area contributed by atoms with Crippen LogP contribution in [0.2, 0.25) is 0 Å². The maximum absolute atomic E-state index is 13.1. The van der Waals surface area contributed by atoms with Crippen LogP contribution in [0.4, 0.5) is 0 Å². The summed E-state index contributed by atoms with van der Waals surface area (Å²) >= 11 is 1.32. The van der Waals surface area contributed by atoms with Crippen molar-refractivity contribution >= 4 is 17.7 Å². The highest BCUT2D eigenvalue weighted by Gasteiger charge is 2.31. The van der Waals surface area contributed by atoms with Gasteiger partial charge in [-0.05, 0) is 53.1 Å². The fourth-order valence-corrected chi connectivity index (χ4v) is 4.88. The van der Waals surface area contributed by atoms with Crippen LogP contribution in [0.1, 0.15) is 24.4 Å². The lowest BCUT2D eigenvalue weighted by molar-refractivity contribution is -0.129. The summed E-state index contributed by atoms with van der Waals surface area (Å²) in [6.45, 7) is 1.84.